The highest BCUT2D eigenvalue weighted by Gasteiger charge is 2.32. The van der Waals surface area contributed by atoms with Crippen LogP contribution in [0.15, 0.2) is 30.5 Å². The van der Waals surface area contributed by atoms with Crippen molar-refractivity contribution in [3.63, 3.8) is 0 Å². The van der Waals surface area contributed by atoms with Crippen molar-refractivity contribution < 1.29 is 38.2 Å². The largest absolute Gasteiger partial charge is 0.460 e. The standard InChI is InChI=1S/C37H53N9O8/c1-35(2,3)52-26(47)17-15-24(32(50)43-25(33(51)54-37(7,8)9)16-18-27(48)53-36(4,5)6)42-31(49)21-11-13-23(14-12-21)46(10)20-22-19-40-30-28(41-22)29(38)44-34(39)45-30/h11-14,19,24-25H,15-18,20H2,1-10H3,(H,42,49)(H,43,50)(H4,38,39,40,44,45)/t24-,25+/m1/s1. The number of nitrogen functional groups attached to an aromatic ring is 2. The van der Waals surface area contributed by atoms with Crippen LogP contribution in [0.3, 0.4) is 0 Å². The van der Waals surface area contributed by atoms with Gasteiger partial charge < -0.3 is 41.2 Å². The zero-order valence-electron chi connectivity index (χ0n) is 32.7. The molecule has 6 N–H and O–H groups in total. The summed E-state index contributed by atoms with van der Waals surface area (Å²) in [7, 11) is 1.82. The molecule has 0 bridgehead atoms. The number of amides is 2. The molecular formula is C37H53N9O8. The van der Waals surface area contributed by atoms with E-state index in [2.05, 4.69) is 30.6 Å². The Labute approximate surface area is 315 Å². The first-order valence-electron chi connectivity index (χ1n) is 17.5. The number of rotatable bonds is 14. The fourth-order valence-corrected chi connectivity index (χ4v) is 4.97. The molecule has 0 saturated heterocycles. The average Bonchev–Trinajstić information content (AvgIpc) is 3.02. The third-order valence-electron chi connectivity index (χ3n) is 7.21. The van der Waals surface area contributed by atoms with E-state index >= 15 is 0 Å². The molecule has 0 saturated carbocycles. The highest BCUT2D eigenvalue weighted by atomic mass is 16.6. The molecule has 17 heteroatoms. The molecule has 0 aliphatic carbocycles. The van der Waals surface area contributed by atoms with E-state index in [1.165, 1.54) is 0 Å². The van der Waals surface area contributed by atoms with Gasteiger partial charge in [0.2, 0.25) is 11.9 Å². The van der Waals surface area contributed by atoms with Gasteiger partial charge in [0.05, 0.1) is 18.4 Å². The van der Waals surface area contributed by atoms with Crippen molar-refractivity contribution in [3.8, 4) is 0 Å². The number of nitrogens with zero attached hydrogens (tertiary/aromatic N) is 5. The second-order valence-electron chi connectivity index (χ2n) is 15.8. The van der Waals surface area contributed by atoms with Gasteiger partial charge in [0.25, 0.3) is 5.91 Å². The minimum atomic E-state index is -1.27. The van der Waals surface area contributed by atoms with Crippen LogP contribution in [0.2, 0.25) is 0 Å². The highest BCUT2D eigenvalue weighted by molar-refractivity contribution is 5.98. The average molecular weight is 752 g/mol. The normalized spacial score (nSPS) is 13.0. The number of fused-ring (bicyclic) bond motifs is 1. The minimum absolute atomic E-state index is 0.00132. The van der Waals surface area contributed by atoms with Gasteiger partial charge in [0, 0.05) is 31.1 Å². The smallest absolute Gasteiger partial charge is 0.329 e. The van der Waals surface area contributed by atoms with Gasteiger partial charge in [0.15, 0.2) is 17.0 Å². The molecule has 0 fully saturated rings. The van der Waals surface area contributed by atoms with E-state index in [0.29, 0.717) is 17.8 Å². The van der Waals surface area contributed by atoms with Gasteiger partial charge in [-0.05, 0) is 99.4 Å². The molecule has 2 aromatic heterocycles. The first kappa shape index (κ1) is 42.8. The molecule has 0 unspecified atom stereocenters. The van der Waals surface area contributed by atoms with Crippen LogP contribution in [0.5, 0.6) is 0 Å². The molecule has 2 heterocycles. The van der Waals surface area contributed by atoms with Crippen LogP contribution < -0.4 is 27.0 Å². The SMILES string of the molecule is CN(Cc1cnc2nc(N)nc(N)c2n1)c1ccc(C(=O)N[C@H](CCC(=O)OC(C)(C)C)C(=O)N[C@@H](CCC(=O)OC(C)(C)C)C(=O)OC(C)(C)C)cc1. The van der Waals surface area contributed by atoms with Crippen molar-refractivity contribution >= 4 is 58.3 Å². The van der Waals surface area contributed by atoms with Crippen LogP contribution in [0.4, 0.5) is 17.5 Å². The maximum Gasteiger partial charge on any atom is 0.329 e. The quantitative estimate of drug-likeness (QED) is 0.136. The second kappa shape index (κ2) is 17.5. The van der Waals surface area contributed by atoms with Crippen LogP contribution >= 0.6 is 0 Å². The second-order valence-corrected chi connectivity index (χ2v) is 15.8. The lowest BCUT2D eigenvalue weighted by molar-refractivity contribution is -0.160. The predicted octanol–water partition coefficient (Wildman–Crippen LogP) is 3.39. The van der Waals surface area contributed by atoms with E-state index in [0.717, 1.165) is 5.69 Å². The predicted molar refractivity (Wildman–Crippen MR) is 202 cm³/mol. The summed E-state index contributed by atoms with van der Waals surface area (Å²) in [6.07, 6.45) is 0.882. The van der Waals surface area contributed by atoms with Crippen molar-refractivity contribution in [2.45, 2.75) is 123 Å². The number of benzene rings is 1. The number of hydrogen-bond acceptors (Lipinski definition) is 15. The molecule has 0 aliphatic rings. The van der Waals surface area contributed by atoms with Crippen LogP contribution in [-0.4, -0.2) is 85.6 Å². The number of aromatic nitrogens is 4. The zero-order chi connectivity index (χ0) is 40.6. The Bertz CT molecular complexity index is 1830. The maximum atomic E-state index is 13.8. The van der Waals surface area contributed by atoms with E-state index in [1.54, 1.807) is 92.8 Å². The summed E-state index contributed by atoms with van der Waals surface area (Å²) in [5, 5.41) is 5.31. The summed E-state index contributed by atoms with van der Waals surface area (Å²) in [4.78, 5) is 84.2. The summed E-state index contributed by atoms with van der Waals surface area (Å²) < 4.78 is 16.3. The summed E-state index contributed by atoms with van der Waals surface area (Å²) in [6.45, 7) is 15.6. The van der Waals surface area contributed by atoms with E-state index in [1.807, 2.05) is 11.9 Å². The number of hydrogen-bond donors (Lipinski definition) is 4. The Kier molecular flexibility index (Phi) is 13.9. The molecule has 2 atom stereocenters. The summed E-state index contributed by atoms with van der Waals surface area (Å²) in [6, 6.07) is 4.06. The Hall–Kier alpha value is -5.61. The number of carbonyl (C=O) groups is 5. The van der Waals surface area contributed by atoms with Crippen molar-refractivity contribution in [2.75, 3.05) is 23.4 Å². The van der Waals surface area contributed by atoms with Crippen molar-refractivity contribution in [3.05, 3.63) is 41.7 Å². The van der Waals surface area contributed by atoms with E-state index in [-0.39, 0.29) is 48.7 Å². The number of anilines is 3. The van der Waals surface area contributed by atoms with Gasteiger partial charge in [-0.1, -0.05) is 0 Å². The van der Waals surface area contributed by atoms with Gasteiger partial charge in [0.1, 0.15) is 28.9 Å². The molecule has 294 valence electrons. The first-order valence-corrected chi connectivity index (χ1v) is 17.5. The Morgan fingerprint density at radius 1 is 0.741 bits per heavy atom. The molecule has 3 rings (SSSR count). The van der Waals surface area contributed by atoms with E-state index in [4.69, 9.17) is 25.7 Å². The molecule has 1 aromatic carbocycles. The lowest BCUT2D eigenvalue weighted by Crippen LogP contribution is -2.53. The number of ether oxygens (including phenoxy) is 3. The van der Waals surface area contributed by atoms with Gasteiger partial charge >= 0.3 is 17.9 Å². The number of nitrogens with two attached hydrogens (primary N) is 2. The number of carbonyl (C=O) groups excluding carboxylic acids is 5. The van der Waals surface area contributed by atoms with Crippen LogP contribution in [0, 0.1) is 0 Å². The fourth-order valence-electron chi connectivity index (χ4n) is 4.97. The van der Waals surface area contributed by atoms with Crippen molar-refractivity contribution in [1.82, 2.24) is 30.6 Å². The van der Waals surface area contributed by atoms with Crippen LogP contribution in [0.1, 0.15) is 104 Å². The third kappa shape index (κ3) is 14.1. The molecule has 2 amide bonds. The molecule has 3 aromatic rings. The van der Waals surface area contributed by atoms with Crippen LogP contribution in [-0.2, 0) is 39.9 Å². The minimum Gasteiger partial charge on any atom is -0.460 e. The van der Waals surface area contributed by atoms with Crippen LogP contribution in [0.25, 0.3) is 11.2 Å². The Morgan fingerprint density at radius 2 is 1.28 bits per heavy atom. The van der Waals surface area contributed by atoms with Gasteiger partial charge in [-0.25, -0.2) is 14.8 Å². The molecule has 0 radical (unpaired) electrons. The molecular weight excluding hydrogens is 698 g/mol. The topological polar surface area (TPSA) is 244 Å². The number of nitrogens with one attached hydrogen (secondary N) is 2. The van der Waals surface area contributed by atoms with E-state index < -0.39 is 58.6 Å². The molecule has 54 heavy (non-hydrogen) atoms. The molecule has 0 spiro atoms. The summed E-state index contributed by atoms with van der Waals surface area (Å²) in [5.74, 6) is -3.16. The third-order valence-corrected chi connectivity index (χ3v) is 7.21. The lowest BCUT2D eigenvalue weighted by Gasteiger charge is -2.27. The highest BCUT2D eigenvalue weighted by Crippen LogP contribution is 2.20. The Morgan fingerprint density at radius 3 is 1.81 bits per heavy atom. The number of esters is 3. The van der Waals surface area contributed by atoms with Gasteiger partial charge in [-0.15, -0.1) is 0 Å². The zero-order valence-corrected chi connectivity index (χ0v) is 32.7. The van der Waals surface area contributed by atoms with Gasteiger partial charge in [-0.2, -0.15) is 9.97 Å². The maximum absolute atomic E-state index is 13.8. The lowest BCUT2D eigenvalue weighted by atomic mass is 10.1. The Balaban J connectivity index is 1.78. The van der Waals surface area contributed by atoms with Crippen molar-refractivity contribution in [2.24, 2.45) is 0 Å². The fraction of sp³-hybridized carbons (Fsp3) is 0.541. The van der Waals surface area contributed by atoms with Gasteiger partial charge in [-0.3, -0.25) is 19.2 Å². The monoisotopic (exact) mass is 751 g/mol. The van der Waals surface area contributed by atoms with Crippen molar-refractivity contribution in [1.29, 1.82) is 0 Å². The molecule has 17 nitrogen and oxygen atoms in total. The first-order chi connectivity index (χ1) is 24.9. The summed E-state index contributed by atoms with van der Waals surface area (Å²) in [5.41, 5.74) is 11.3. The molecule has 0 aliphatic heterocycles. The van der Waals surface area contributed by atoms with E-state index in [9.17, 15) is 24.0 Å². The summed E-state index contributed by atoms with van der Waals surface area (Å²) >= 11 is 0.